The molecule has 0 unspecified atom stereocenters. The fourth-order valence-corrected chi connectivity index (χ4v) is 5.22. The Bertz CT molecular complexity index is 1180. The molecule has 1 fully saturated rings. The molecule has 0 saturated carbocycles. The van der Waals surface area contributed by atoms with Crippen LogP contribution >= 0.6 is 22.9 Å². The van der Waals surface area contributed by atoms with Crippen molar-refractivity contribution in [2.75, 3.05) is 31.9 Å². The van der Waals surface area contributed by atoms with Gasteiger partial charge in [-0.05, 0) is 47.5 Å². The topological polar surface area (TPSA) is 58.3 Å². The molecule has 2 N–H and O–H groups in total. The third kappa shape index (κ3) is 4.72. The second-order valence-corrected chi connectivity index (χ2v) is 9.54. The van der Waals surface area contributed by atoms with Gasteiger partial charge < -0.3 is 5.73 Å². The fraction of sp³-hybridized carbons (Fsp3) is 0.250. The molecule has 2 aromatic carbocycles. The van der Waals surface area contributed by atoms with Crippen molar-refractivity contribution in [3.05, 3.63) is 76.4 Å². The molecule has 5 nitrogen and oxygen atoms in total. The number of nitrogens with two attached hydrogens (primary N) is 1. The molecule has 0 radical (unpaired) electrons. The minimum Gasteiger partial charge on any atom is -0.383 e. The van der Waals surface area contributed by atoms with Crippen molar-refractivity contribution in [3.63, 3.8) is 0 Å². The summed E-state index contributed by atoms with van der Waals surface area (Å²) in [5.41, 5.74) is 9.35. The van der Waals surface area contributed by atoms with E-state index in [2.05, 4.69) is 56.2 Å². The van der Waals surface area contributed by atoms with E-state index in [1.807, 2.05) is 29.5 Å². The summed E-state index contributed by atoms with van der Waals surface area (Å²) in [4.78, 5) is 16.2. The van der Waals surface area contributed by atoms with Crippen LogP contribution in [0.15, 0.2) is 60.9 Å². The van der Waals surface area contributed by atoms with E-state index in [1.165, 1.54) is 27.2 Å². The molecule has 158 valence electrons. The number of nitrogens with zero attached hydrogens (tertiary/aromatic N) is 4. The Labute approximate surface area is 191 Å². The van der Waals surface area contributed by atoms with Crippen molar-refractivity contribution in [1.82, 2.24) is 19.8 Å². The van der Waals surface area contributed by atoms with E-state index in [-0.39, 0.29) is 0 Å². The van der Waals surface area contributed by atoms with Gasteiger partial charge in [-0.1, -0.05) is 29.8 Å². The molecule has 3 heterocycles. The van der Waals surface area contributed by atoms with Gasteiger partial charge in [0.15, 0.2) is 0 Å². The lowest BCUT2D eigenvalue weighted by atomic mass is 10.1. The lowest BCUT2D eigenvalue weighted by molar-refractivity contribution is 0.123. The van der Waals surface area contributed by atoms with Crippen molar-refractivity contribution < 1.29 is 0 Å². The maximum atomic E-state index is 6.01. The number of fused-ring (bicyclic) bond motifs is 1. The maximum Gasteiger partial charge on any atom is 0.134 e. The van der Waals surface area contributed by atoms with Crippen molar-refractivity contribution in [1.29, 1.82) is 0 Å². The quantitative estimate of drug-likeness (QED) is 0.469. The normalized spacial score (nSPS) is 15.5. The van der Waals surface area contributed by atoms with Gasteiger partial charge in [-0.25, -0.2) is 9.97 Å². The van der Waals surface area contributed by atoms with Crippen LogP contribution in [0, 0.1) is 0 Å². The number of nitrogen functional groups attached to an aromatic ring is 1. The third-order valence-electron chi connectivity index (χ3n) is 5.77. The zero-order chi connectivity index (χ0) is 21.2. The molecule has 5 rings (SSSR count). The molecule has 2 aromatic heterocycles. The lowest BCUT2D eigenvalue weighted by Gasteiger charge is -2.34. The molecule has 0 spiro atoms. The van der Waals surface area contributed by atoms with Gasteiger partial charge in [0, 0.05) is 59.4 Å². The molecule has 0 amide bonds. The van der Waals surface area contributed by atoms with E-state index in [0.717, 1.165) is 55.2 Å². The zero-order valence-corrected chi connectivity index (χ0v) is 18.7. The molecule has 7 heteroatoms. The SMILES string of the molecule is Nc1ncnc2cc(CN3CCN(Cc4ccc(-c5ccc(Cl)cc5)s4)CC3)ccc12. The molecule has 1 aliphatic heterocycles. The molecule has 0 bridgehead atoms. The second-order valence-electron chi connectivity index (χ2n) is 7.94. The van der Waals surface area contributed by atoms with Crippen LogP contribution in [0.1, 0.15) is 10.4 Å². The summed E-state index contributed by atoms with van der Waals surface area (Å²) < 4.78 is 0. The van der Waals surface area contributed by atoms with E-state index in [1.54, 1.807) is 0 Å². The largest absolute Gasteiger partial charge is 0.383 e. The van der Waals surface area contributed by atoms with Gasteiger partial charge in [-0.2, -0.15) is 0 Å². The van der Waals surface area contributed by atoms with Crippen molar-refractivity contribution in [3.8, 4) is 10.4 Å². The van der Waals surface area contributed by atoms with E-state index in [0.29, 0.717) is 5.82 Å². The number of hydrogen-bond donors (Lipinski definition) is 1. The lowest BCUT2D eigenvalue weighted by Crippen LogP contribution is -2.45. The number of piperazine rings is 1. The molecular weight excluding hydrogens is 426 g/mol. The van der Waals surface area contributed by atoms with Crippen LogP contribution in [0.25, 0.3) is 21.3 Å². The summed E-state index contributed by atoms with van der Waals surface area (Å²) in [6.45, 7) is 6.25. The number of benzene rings is 2. The van der Waals surface area contributed by atoms with Gasteiger partial charge >= 0.3 is 0 Å². The maximum absolute atomic E-state index is 6.01. The predicted molar refractivity (Wildman–Crippen MR) is 129 cm³/mol. The Hall–Kier alpha value is -2.51. The smallest absolute Gasteiger partial charge is 0.134 e. The van der Waals surface area contributed by atoms with Crippen LogP contribution in [0.4, 0.5) is 5.82 Å². The molecule has 0 atom stereocenters. The van der Waals surface area contributed by atoms with Gasteiger partial charge in [0.1, 0.15) is 12.1 Å². The molecular formula is C24H24ClN5S. The summed E-state index contributed by atoms with van der Waals surface area (Å²) in [5, 5.41) is 1.70. The van der Waals surface area contributed by atoms with Crippen LogP contribution in [0.5, 0.6) is 0 Å². The Kier molecular flexibility index (Phi) is 5.87. The van der Waals surface area contributed by atoms with Gasteiger partial charge in [0.05, 0.1) is 5.52 Å². The second kappa shape index (κ2) is 8.93. The summed E-state index contributed by atoms with van der Waals surface area (Å²) in [6, 6.07) is 18.8. The number of rotatable bonds is 5. The number of anilines is 1. The van der Waals surface area contributed by atoms with Crippen molar-refractivity contribution in [2.24, 2.45) is 0 Å². The Morgan fingerprint density at radius 3 is 2.39 bits per heavy atom. The Morgan fingerprint density at radius 1 is 0.871 bits per heavy atom. The Morgan fingerprint density at radius 2 is 1.61 bits per heavy atom. The van der Waals surface area contributed by atoms with E-state index >= 15 is 0 Å². The average molecular weight is 450 g/mol. The first-order valence-corrected chi connectivity index (χ1v) is 11.6. The first-order chi connectivity index (χ1) is 15.1. The van der Waals surface area contributed by atoms with Crippen LogP contribution in [0.2, 0.25) is 5.02 Å². The highest BCUT2D eigenvalue weighted by Crippen LogP contribution is 2.30. The van der Waals surface area contributed by atoms with Gasteiger partial charge in [0.2, 0.25) is 0 Å². The highest BCUT2D eigenvalue weighted by atomic mass is 35.5. The van der Waals surface area contributed by atoms with Crippen LogP contribution < -0.4 is 5.73 Å². The highest BCUT2D eigenvalue weighted by Gasteiger charge is 2.18. The summed E-state index contributed by atoms with van der Waals surface area (Å²) >= 11 is 7.88. The van der Waals surface area contributed by atoms with E-state index in [9.17, 15) is 0 Å². The van der Waals surface area contributed by atoms with E-state index in [4.69, 9.17) is 17.3 Å². The van der Waals surface area contributed by atoms with Crippen LogP contribution in [0.3, 0.4) is 0 Å². The number of hydrogen-bond acceptors (Lipinski definition) is 6. The van der Waals surface area contributed by atoms with Gasteiger partial charge in [-0.3, -0.25) is 9.80 Å². The minimum atomic E-state index is 0.540. The summed E-state index contributed by atoms with van der Waals surface area (Å²) in [6.07, 6.45) is 1.53. The third-order valence-corrected chi connectivity index (χ3v) is 7.14. The first kappa shape index (κ1) is 20.4. The number of halogens is 1. The van der Waals surface area contributed by atoms with Gasteiger partial charge in [0.25, 0.3) is 0 Å². The molecule has 0 aliphatic carbocycles. The summed E-state index contributed by atoms with van der Waals surface area (Å²) in [7, 11) is 0. The monoisotopic (exact) mass is 449 g/mol. The average Bonchev–Trinajstić information content (AvgIpc) is 3.24. The van der Waals surface area contributed by atoms with Crippen LogP contribution in [-0.2, 0) is 13.1 Å². The standard InChI is InChI=1S/C24H24ClN5S/c25-19-4-2-18(3-5-19)23-8-6-20(31-23)15-30-11-9-29(10-12-30)14-17-1-7-21-22(13-17)27-16-28-24(21)26/h1-8,13,16H,9-12,14-15H2,(H2,26,27,28). The Balaban J connectivity index is 1.16. The number of aromatic nitrogens is 2. The highest BCUT2D eigenvalue weighted by molar-refractivity contribution is 7.15. The first-order valence-electron chi connectivity index (χ1n) is 10.4. The predicted octanol–water partition coefficient (Wildman–Crippen LogP) is 4.91. The fourth-order valence-electron chi connectivity index (χ4n) is 4.04. The molecule has 4 aromatic rings. The van der Waals surface area contributed by atoms with Gasteiger partial charge in [-0.15, -0.1) is 11.3 Å². The zero-order valence-electron chi connectivity index (χ0n) is 17.2. The van der Waals surface area contributed by atoms with Crippen molar-refractivity contribution >= 4 is 39.7 Å². The molecule has 1 saturated heterocycles. The number of thiophene rings is 1. The van der Waals surface area contributed by atoms with E-state index < -0.39 is 0 Å². The molecule has 31 heavy (non-hydrogen) atoms. The molecule has 1 aliphatic rings. The minimum absolute atomic E-state index is 0.540. The summed E-state index contributed by atoms with van der Waals surface area (Å²) in [5.74, 6) is 0.540. The van der Waals surface area contributed by atoms with Crippen LogP contribution in [-0.4, -0.2) is 45.9 Å². The van der Waals surface area contributed by atoms with Crippen molar-refractivity contribution in [2.45, 2.75) is 13.1 Å².